The molecular formula is C14H21N. The molecule has 0 radical (unpaired) electrons. The molecule has 1 aliphatic heterocycles. The molecule has 0 aliphatic carbocycles. The minimum absolute atomic E-state index is 0.782. The van der Waals surface area contributed by atoms with Crippen molar-refractivity contribution in [2.24, 2.45) is 0 Å². The highest BCUT2D eigenvalue weighted by atomic mass is 14.9. The normalized spacial score (nSPS) is 18.1. The highest BCUT2D eigenvalue weighted by molar-refractivity contribution is 5.39. The van der Waals surface area contributed by atoms with E-state index in [1.807, 2.05) is 0 Å². The summed E-state index contributed by atoms with van der Waals surface area (Å²) in [4.78, 5) is 0. The van der Waals surface area contributed by atoms with E-state index >= 15 is 0 Å². The molecule has 1 nitrogen and oxygen atoms in total. The van der Waals surface area contributed by atoms with Crippen LogP contribution in [0.15, 0.2) is 12.1 Å². The van der Waals surface area contributed by atoms with Gasteiger partial charge in [0.05, 0.1) is 0 Å². The fourth-order valence-electron chi connectivity index (χ4n) is 2.63. The van der Waals surface area contributed by atoms with Gasteiger partial charge >= 0.3 is 0 Å². The highest BCUT2D eigenvalue weighted by Gasteiger charge is 2.17. The van der Waals surface area contributed by atoms with Gasteiger partial charge < -0.3 is 5.32 Å². The van der Waals surface area contributed by atoms with Crippen molar-refractivity contribution < 1.29 is 0 Å². The number of hydrogen-bond donors (Lipinski definition) is 1. The lowest BCUT2D eigenvalue weighted by atomic mass is 9.85. The summed E-state index contributed by atoms with van der Waals surface area (Å²) in [6.45, 7) is 9.06. The van der Waals surface area contributed by atoms with Crippen LogP contribution in [-0.2, 0) is 0 Å². The molecule has 2 rings (SSSR count). The van der Waals surface area contributed by atoms with Gasteiger partial charge in [-0.25, -0.2) is 0 Å². The lowest BCUT2D eigenvalue weighted by Crippen LogP contribution is -2.27. The smallest absolute Gasteiger partial charge is 0.00431 e. The van der Waals surface area contributed by atoms with Gasteiger partial charge in [-0.2, -0.15) is 0 Å². The summed E-state index contributed by atoms with van der Waals surface area (Å²) in [5.41, 5.74) is 5.96. The first kappa shape index (κ1) is 10.7. The number of benzene rings is 1. The molecule has 0 amide bonds. The number of hydrogen-bond acceptors (Lipinski definition) is 1. The molecule has 1 aromatic carbocycles. The maximum Gasteiger partial charge on any atom is -0.00431 e. The Morgan fingerprint density at radius 2 is 1.73 bits per heavy atom. The van der Waals surface area contributed by atoms with Gasteiger partial charge in [-0.15, -0.1) is 0 Å². The molecule has 82 valence electrons. The molecule has 0 bridgehead atoms. The van der Waals surface area contributed by atoms with Crippen molar-refractivity contribution in [3.8, 4) is 0 Å². The van der Waals surface area contributed by atoms with Gasteiger partial charge in [-0.05, 0) is 69.3 Å². The van der Waals surface area contributed by atoms with Crippen LogP contribution < -0.4 is 5.32 Å². The Kier molecular flexibility index (Phi) is 3.11. The molecule has 1 saturated heterocycles. The molecule has 0 aromatic heterocycles. The molecule has 15 heavy (non-hydrogen) atoms. The number of piperidine rings is 1. The SMILES string of the molecule is Cc1cc(C)c(C)c(C2CCNCC2)c1. The minimum atomic E-state index is 0.782. The van der Waals surface area contributed by atoms with Gasteiger partial charge in [0.25, 0.3) is 0 Å². The second-order valence-corrected chi connectivity index (χ2v) is 4.82. The van der Waals surface area contributed by atoms with E-state index in [9.17, 15) is 0 Å². The fraction of sp³-hybridized carbons (Fsp3) is 0.571. The van der Waals surface area contributed by atoms with E-state index in [4.69, 9.17) is 0 Å². The summed E-state index contributed by atoms with van der Waals surface area (Å²) in [6.07, 6.45) is 2.59. The monoisotopic (exact) mass is 203 g/mol. The van der Waals surface area contributed by atoms with Crippen LogP contribution in [0, 0.1) is 20.8 Å². The Morgan fingerprint density at radius 3 is 2.40 bits per heavy atom. The molecular weight excluding hydrogens is 182 g/mol. The molecule has 1 aromatic rings. The highest BCUT2D eigenvalue weighted by Crippen LogP contribution is 2.30. The predicted octanol–water partition coefficient (Wildman–Crippen LogP) is 3.08. The van der Waals surface area contributed by atoms with E-state index in [1.165, 1.54) is 42.6 Å². The van der Waals surface area contributed by atoms with Crippen LogP contribution in [0.5, 0.6) is 0 Å². The molecule has 1 N–H and O–H groups in total. The Hall–Kier alpha value is -0.820. The maximum atomic E-state index is 3.43. The second-order valence-electron chi connectivity index (χ2n) is 4.82. The van der Waals surface area contributed by atoms with Crippen LogP contribution in [0.3, 0.4) is 0 Å². The van der Waals surface area contributed by atoms with E-state index in [0.29, 0.717) is 0 Å². The molecule has 0 unspecified atom stereocenters. The lowest BCUT2D eigenvalue weighted by Gasteiger charge is -2.25. The Labute approximate surface area is 92.9 Å². The zero-order valence-electron chi connectivity index (χ0n) is 10.1. The lowest BCUT2D eigenvalue weighted by molar-refractivity contribution is 0.459. The third-order valence-electron chi connectivity index (χ3n) is 3.63. The first-order valence-electron chi connectivity index (χ1n) is 5.97. The summed E-state index contributed by atoms with van der Waals surface area (Å²) in [6, 6.07) is 4.68. The second kappa shape index (κ2) is 4.36. The summed E-state index contributed by atoms with van der Waals surface area (Å²) in [5, 5.41) is 3.43. The predicted molar refractivity (Wildman–Crippen MR) is 65.5 cm³/mol. The van der Waals surface area contributed by atoms with E-state index in [1.54, 1.807) is 5.56 Å². The number of rotatable bonds is 1. The summed E-state index contributed by atoms with van der Waals surface area (Å²) in [5.74, 6) is 0.782. The molecule has 1 heterocycles. The molecule has 0 atom stereocenters. The maximum absolute atomic E-state index is 3.43. The average molecular weight is 203 g/mol. The third kappa shape index (κ3) is 2.23. The van der Waals surface area contributed by atoms with E-state index in [2.05, 4.69) is 38.2 Å². The van der Waals surface area contributed by atoms with Crippen LogP contribution in [0.1, 0.15) is 41.0 Å². The third-order valence-corrected chi connectivity index (χ3v) is 3.63. The van der Waals surface area contributed by atoms with Crippen molar-refractivity contribution in [2.45, 2.75) is 39.5 Å². The van der Waals surface area contributed by atoms with Crippen molar-refractivity contribution in [1.29, 1.82) is 0 Å². The van der Waals surface area contributed by atoms with Crippen molar-refractivity contribution in [3.05, 3.63) is 34.4 Å². The fourth-order valence-corrected chi connectivity index (χ4v) is 2.63. The average Bonchev–Trinajstić information content (AvgIpc) is 2.24. The Bertz CT molecular complexity index is 349. The van der Waals surface area contributed by atoms with Gasteiger partial charge in [-0.1, -0.05) is 17.7 Å². The van der Waals surface area contributed by atoms with Gasteiger partial charge in [0, 0.05) is 0 Å². The van der Waals surface area contributed by atoms with Crippen molar-refractivity contribution in [3.63, 3.8) is 0 Å². The zero-order valence-corrected chi connectivity index (χ0v) is 10.1. The standard InChI is InChI=1S/C14H21N/c1-10-8-11(2)12(3)14(9-10)13-4-6-15-7-5-13/h8-9,13,15H,4-7H2,1-3H3. The van der Waals surface area contributed by atoms with Crippen LogP contribution in [0.4, 0.5) is 0 Å². The Morgan fingerprint density at radius 1 is 1.07 bits per heavy atom. The van der Waals surface area contributed by atoms with Gasteiger partial charge in [-0.3, -0.25) is 0 Å². The van der Waals surface area contributed by atoms with Crippen LogP contribution in [0.25, 0.3) is 0 Å². The van der Waals surface area contributed by atoms with Crippen LogP contribution in [0.2, 0.25) is 0 Å². The topological polar surface area (TPSA) is 12.0 Å². The van der Waals surface area contributed by atoms with Crippen LogP contribution >= 0.6 is 0 Å². The summed E-state index contributed by atoms with van der Waals surface area (Å²) in [7, 11) is 0. The number of nitrogens with one attached hydrogen (secondary N) is 1. The van der Waals surface area contributed by atoms with Crippen molar-refractivity contribution in [2.75, 3.05) is 13.1 Å². The summed E-state index contributed by atoms with van der Waals surface area (Å²) >= 11 is 0. The molecule has 1 aliphatic rings. The van der Waals surface area contributed by atoms with E-state index in [0.717, 1.165) is 5.92 Å². The molecule has 0 spiro atoms. The quantitative estimate of drug-likeness (QED) is 0.739. The van der Waals surface area contributed by atoms with Gasteiger partial charge in [0.1, 0.15) is 0 Å². The molecule has 0 saturated carbocycles. The number of aryl methyl sites for hydroxylation is 2. The zero-order chi connectivity index (χ0) is 10.8. The summed E-state index contributed by atoms with van der Waals surface area (Å²) < 4.78 is 0. The minimum Gasteiger partial charge on any atom is -0.317 e. The van der Waals surface area contributed by atoms with Crippen LogP contribution in [-0.4, -0.2) is 13.1 Å². The molecule has 1 heteroatoms. The largest absolute Gasteiger partial charge is 0.317 e. The first-order valence-corrected chi connectivity index (χ1v) is 5.97. The molecule has 1 fully saturated rings. The Balaban J connectivity index is 2.33. The van der Waals surface area contributed by atoms with Crippen molar-refractivity contribution in [1.82, 2.24) is 5.32 Å². The van der Waals surface area contributed by atoms with Gasteiger partial charge in [0.15, 0.2) is 0 Å². The first-order chi connectivity index (χ1) is 7.18. The van der Waals surface area contributed by atoms with E-state index in [-0.39, 0.29) is 0 Å². The van der Waals surface area contributed by atoms with Crippen molar-refractivity contribution >= 4 is 0 Å². The van der Waals surface area contributed by atoms with E-state index < -0.39 is 0 Å². The van der Waals surface area contributed by atoms with Gasteiger partial charge in [0.2, 0.25) is 0 Å².